The minimum atomic E-state index is -0.597. The van der Waals surface area contributed by atoms with Crippen molar-refractivity contribution in [3.8, 4) is 11.5 Å². The zero-order valence-electron chi connectivity index (χ0n) is 9.31. The van der Waals surface area contributed by atoms with Gasteiger partial charge in [-0.25, -0.2) is 0 Å². The molecule has 0 aliphatic heterocycles. The predicted octanol–water partition coefficient (Wildman–Crippen LogP) is 0.923. The van der Waals surface area contributed by atoms with E-state index < -0.39 is 5.60 Å². The quantitative estimate of drug-likeness (QED) is 0.802. The summed E-state index contributed by atoms with van der Waals surface area (Å²) >= 11 is 0. The lowest BCUT2D eigenvalue weighted by molar-refractivity contribution is 0.00973. The maximum atomic E-state index is 5.65. The van der Waals surface area contributed by atoms with Gasteiger partial charge in [0, 0.05) is 7.11 Å². The monoisotopic (exact) mass is 223 g/mol. The van der Waals surface area contributed by atoms with Crippen molar-refractivity contribution in [3.63, 3.8) is 0 Å². The normalized spacial score (nSPS) is 11.9. The van der Waals surface area contributed by atoms with Gasteiger partial charge in [0.25, 0.3) is 5.89 Å². The average Bonchev–Trinajstić information content (AvgIpc) is 2.85. The number of nitrogens with zero attached hydrogens (tertiary/aromatic N) is 3. The summed E-state index contributed by atoms with van der Waals surface area (Å²) in [6, 6.07) is 0. The zero-order valence-corrected chi connectivity index (χ0v) is 9.31. The van der Waals surface area contributed by atoms with Gasteiger partial charge in [-0.2, -0.15) is 10.1 Å². The fourth-order valence-electron chi connectivity index (χ4n) is 1.14. The van der Waals surface area contributed by atoms with Crippen LogP contribution in [0.25, 0.3) is 11.5 Å². The van der Waals surface area contributed by atoms with E-state index in [-0.39, 0.29) is 0 Å². The van der Waals surface area contributed by atoms with Crippen LogP contribution in [0.3, 0.4) is 0 Å². The molecule has 2 heterocycles. The molecule has 2 aromatic rings. The number of aromatic amines is 1. The van der Waals surface area contributed by atoms with Crippen molar-refractivity contribution in [2.24, 2.45) is 0 Å². The van der Waals surface area contributed by atoms with Crippen LogP contribution in [0.1, 0.15) is 19.7 Å². The van der Waals surface area contributed by atoms with Crippen LogP contribution in [-0.4, -0.2) is 27.4 Å². The van der Waals surface area contributed by atoms with Crippen LogP contribution >= 0.6 is 0 Å². The summed E-state index contributed by atoms with van der Waals surface area (Å²) in [5.74, 6) is 1.18. The maximum absolute atomic E-state index is 5.65. The fraction of sp³-hybridized carbons (Fsp3) is 0.444. The van der Waals surface area contributed by atoms with E-state index in [1.54, 1.807) is 7.11 Å². The number of nitrogens with two attached hydrogens (primary N) is 1. The lowest BCUT2D eigenvalue weighted by atomic mass is 10.1. The summed E-state index contributed by atoms with van der Waals surface area (Å²) in [4.78, 5) is 4.21. The van der Waals surface area contributed by atoms with Gasteiger partial charge in [0.15, 0.2) is 0 Å². The van der Waals surface area contributed by atoms with Gasteiger partial charge < -0.3 is 15.0 Å². The molecule has 0 amide bonds. The molecule has 3 N–H and O–H groups in total. The molecule has 0 bridgehead atoms. The Bertz CT molecular complexity index is 488. The molecule has 2 aromatic heterocycles. The highest BCUT2D eigenvalue weighted by Gasteiger charge is 2.27. The van der Waals surface area contributed by atoms with E-state index in [0.717, 1.165) is 0 Å². The summed E-state index contributed by atoms with van der Waals surface area (Å²) in [5.41, 5.74) is 5.64. The number of H-pyrrole nitrogens is 1. The van der Waals surface area contributed by atoms with Crippen molar-refractivity contribution in [1.29, 1.82) is 0 Å². The molecule has 0 atom stereocenters. The first kappa shape index (κ1) is 10.6. The second kappa shape index (κ2) is 3.60. The third kappa shape index (κ3) is 1.65. The molecule has 0 radical (unpaired) electrons. The Morgan fingerprint density at radius 1 is 1.50 bits per heavy atom. The Kier molecular flexibility index (Phi) is 2.39. The van der Waals surface area contributed by atoms with Gasteiger partial charge >= 0.3 is 0 Å². The topological polar surface area (TPSA) is 103 Å². The molecule has 0 aromatic carbocycles. The molecule has 16 heavy (non-hydrogen) atoms. The summed E-state index contributed by atoms with van der Waals surface area (Å²) in [5, 5.41) is 10.2. The van der Waals surface area contributed by atoms with Crippen molar-refractivity contribution in [2.45, 2.75) is 19.4 Å². The molecule has 0 aliphatic rings. The lowest BCUT2D eigenvalue weighted by Crippen LogP contribution is -2.21. The SMILES string of the molecule is COC(C)(C)c1noc(-c2cn[nH]c2N)n1. The lowest BCUT2D eigenvalue weighted by Gasteiger charge is -2.17. The first-order valence-electron chi connectivity index (χ1n) is 4.73. The third-order valence-corrected chi connectivity index (χ3v) is 2.37. The van der Waals surface area contributed by atoms with Gasteiger partial charge in [0.05, 0.1) is 6.20 Å². The summed E-state index contributed by atoms with van der Waals surface area (Å²) in [6.07, 6.45) is 1.53. The van der Waals surface area contributed by atoms with Crippen LogP contribution in [0.4, 0.5) is 5.82 Å². The van der Waals surface area contributed by atoms with Crippen molar-refractivity contribution in [1.82, 2.24) is 20.3 Å². The van der Waals surface area contributed by atoms with Gasteiger partial charge in [-0.15, -0.1) is 0 Å². The minimum Gasteiger partial charge on any atom is -0.383 e. The van der Waals surface area contributed by atoms with E-state index in [1.807, 2.05) is 13.8 Å². The molecule has 0 unspecified atom stereocenters. The second-order valence-electron chi connectivity index (χ2n) is 3.83. The van der Waals surface area contributed by atoms with Crippen LogP contribution in [-0.2, 0) is 10.3 Å². The van der Waals surface area contributed by atoms with Crippen molar-refractivity contribution < 1.29 is 9.26 Å². The van der Waals surface area contributed by atoms with Crippen molar-refractivity contribution >= 4 is 5.82 Å². The molecule has 2 rings (SSSR count). The van der Waals surface area contributed by atoms with Gasteiger partial charge in [0.1, 0.15) is 17.0 Å². The number of rotatable bonds is 3. The second-order valence-corrected chi connectivity index (χ2v) is 3.83. The summed E-state index contributed by atoms with van der Waals surface area (Å²) in [6.45, 7) is 3.70. The number of nitrogen functional groups attached to an aromatic ring is 1. The Hall–Kier alpha value is -1.89. The molecular formula is C9H13N5O2. The van der Waals surface area contributed by atoms with Gasteiger partial charge in [-0.05, 0) is 13.8 Å². The largest absolute Gasteiger partial charge is 0.383 e. The molecule has 0 saturated carbocycles. The van der Waals surface area contributed by atoms with Crippen LogP contribution < -0.4 is 5.73 Å². The molecule has 0 spiro atoms. The summed E-state index contributed by atoms with van der Waals surface area (Å²) < 4.78 is 10.3. The van der Waals surface area contributed by atoms with Gasteiger partial charge in [-0.3, -0.25) is 5.10 Å². The third-order valence-electron chi connectivity index (χ3n) is 2.37. The van der Waals surface area contributed by atoms with E-state index >= 15 is 0 Å². The number of methoxy groups -OCH3 is 1. The minimum absolute atomic E-state index is 0.325. The van der Waals surface area contributed by atoms with E-state index in [4.69, 9.17) is 15.0 Å². The van der Waals surface area contributed by atoms with Crippen molar-refractivity contribution in [2.75, 3.05) is 12.8 Å². The fourth-order valence-corrected chi connectivity index (χ4v) is 1.14. The molecule has 0 saturated heterocycles. The molecule has 86 valence electrons. The van der Waals surface area contributed by atoms with Gasteiger partial charge in [0.2, 0.25) is 5.82 Å². The number of hydrogen-bond donors (Lipinski definition) is 2. The predicted molar refractivity (Wildman–Crippen MR) is 56.3 cm³/mol. The van der Waals surface area contributed by atoms with E-state index in [1.165, 1.54) is 6.20 Å². The zero-order chi connectivity index (χ0) is 11.8. The van der Waals surface area contributed by atoms with E-state index in [2.05, 4.69) is 20.3 Å². The van der Waals surface area contributed by atoms with E-state index in [9.17, 15) is 0 Å². The van der Waals surface area contributed by atoms with Crippen LogP contribution in [0, 0.1) is 0 Å². The van der Waals surface area contributed by atoms with Gasteiger partial charge in [-0.1, -0.05) is 5.16 Å². The Balaban J connectivity index is 2.37. The van der Waals surface area contributed by atoms with E-state index in [0.29, 0.717) is 23.1 Å². The number of nitrogens with one attached hydrogen (secondary N) is 1. The standard InChI is InChI=1S/C9H13N5O2/c1-9(2,15-3)8-12-7(16-14-8)5-4-11-13-6(5)10/h4H,1-3H3,(H3,10,11,13). The first-order valence-corrected chi connectivity index (χ1v) is 4.73. The number of anilines is 1. The highest BCUT2D eigenvalue weighted by molar-refractivity contribution is 5.65. The first-order chi connectivity index (χ1) is 7.54. The smallest absolute Gasteiger partial charge is 0.263 e. The average molecular weight is 223 g/mol. The maximum Gasteiger partial charge on any atom is 0.263 e. The number of aromatic nitrogens is 4. The molecular weight excluding hydrogens is 210 g/mol. The van der Waals surface area contributed by atoms with Crippen LogP contribution in [0.2, 0.25) is 0 Å². The highest BCUT2D eigenvalue weighted by Crippen LogP contribution is 2.26. The Morgan fingerprint density at radius 3 is 2.81 bits per heavy atom. The molecule has 0 fully saturated rings. The highest BCUT2D eigenvalue weighted by atomic mass is 16.5. The Labute approximate surface area is 92.0 Å². The van der Waals surface area contributed by atoms with Crippen LogP contribution in [0.15, 0.2) is 10.7 Å². The molecule has 0 aliphatic carbocycles. The molecule has 7 nitrogen and oxygen atoms in total. The Morgan fingerprint density at radius 2 is 2.25 bits per heavy atom. The molecule has 7 heteroatoms. The summed E-state index contributed by atoms with van der Waals surface area (Å²) in [7, 11) is 1.59. The number of hydrogen-bond acceptors (Lipinski definition) is 6. The van der Waals surface area contributed by atoms with Crippen LogP contribution in [0.5, 0.6) is 0 Å². The number of ether oxygens (including phenoxy) is 1. The van der Waals surface area contributed by atoms with Crippen molar-refractivity contribution in [3.05, 3.63) is 12.0 Å².